The summed E-state index contributed by atoms with van der Waals surface area (Å²) in [5, 5.41) is 2.90. The Bertz CT molecular complexity index is 400. The molecular weight excluding hydrogens is 253 g/mol. The summed E-state index contributed by atoms with van der Waals surface area (Å²) in [5.74, 6) is 0.146. The molecule has 100 valence electrons. The molecule has 2 nitrogen and oxygen atoms in total. The van der Waals surface area contributed by atoms with Gasteiger partial charge in [-0.15, -0.1) is 11.6 Å². The Hall–Kier alpha value is -1.09. The number of carbonyl (C=O) groups excluding carboxylic acids is 1. The minimum atomic E-state index is -0.390. The first kappa shape index (κ1) is 15.0. The van der Waals surface area contributed by atoms with Gasteiger partial charge in [0, 0.05) is 17.5 Å². The van der Waals surface area contributed by atoms with Crippen molar-refractivity contribution >= 4 is 17.5 Å². The molecule has 0 saturated carbocycles. The maximum Gasteiger partial charge on any atom is 0.251 e. The number of benzene rings is 1. The number of rotatable bonds is 5. The summed E-state index contributed by atoms with van der Waals surface area (Å²) >= 11 is 5.71. The summed E-state index contributed by atoms with van der Waals surface area (Å²) < 4.78 is 13.2. The molecule has 1 aromatic carbocycles. The zero-order valence-corrected chi connectivity index (χ0v) is 11.7. The van der Waals surface area contributed by atoms with Crippen LogP contribution in [0.2, 0.25) is 0 Å². The number of amides is 1. The van der Waals surface area contributed by atoms with Crippen LogP contribution < -0.4 is 5.32 Å². The van der Waals surface area contributed by atoms with E-state index in [1.165, 1.54) is 12.1 Å². The van der Waals surface area contributed by atoms with E-state index in [0.717, 1.165) is 5.56 Å². The summed E-state index contributed by atoms with van der Waals surface area (Å²) in [6.45, 7) is 5.81. The molecule has 0 aliphatic heterocycles. The Morgan fingerprint density at radius 2 is 2.06 bits per heavy atom. The van der Waals surface area contributed by atoms with Gasteiger partial charge in [0.15, 0.2) is 0 Å². The zero-order chi connectivity index (χ0) is 13.7. The van der Waals surface area contributed by atoms with Crippen molar-refractivity contribution in [2.24, 2.45) is 5.92 Å². The zero-order valence-electron chi connectivity index (χ0n) is 11.0. The lowest BCUT2D eigenvalue weighted by molar-refractivity contribution is 0.0924. The van der Waals surface area contributed by atoms with Gasteiger partial charge in [-0.25, -0.2) is 4.39 Å². The Balaban J connectivity index is 2.80. The van der Waals surface area contributed by atoms with E-state index in [-0.39, 0.29) is 11.9 Å². The third kappa shape index (κ3) is 4.30. The summed E-state index contributed by atoms with van der Waals surface area (Å²) in [4.78, 5) is 12.0. The Morgan fingerprint density at radius 1 is 1.39 bits per heavy atom. The van der Waals surface area contributed by atoms with E-state index in [2.05, 4.69) is 5.32 Å². The highest BCUT2D eigenvalue weighted by molar-refractivity contribution is 6.17. The summed E-state index contributed by atoms with van der Waals surface area (Å²) in [6, 6.07) is 4.34. The fourth-order valence-electron chi connectivity index (χ4n) is 1.81. The highest BCUT2D eigenvalue weighted by Crippen LogP contribution is 2.11. The standard InChI is InChI=1S/C14H19ClFNO/c1-9(2)13(4-5-15)17-14(18)11-6-10(3)7-12(16)8-11/h6-9,13H,4-5H2,1-3H3,(H,17,18). The molecule has 1 atom stereocenters. The number of alkyl halides is 1. The Kier molecular flexibility index (Phi) is 5.60. The second-order valence-electron chi connectivity index (χ2n) is 4.82. The van der Waals surface area contributed by atoms with Crippen LogP contribution in [0.15, 0.2) is 18.2 Å². The fourth-order valence-corrected chi connectivity index (χ4v) is 2.04. The minimum absolute atomic E-state index is 0.0126. The molecule has 0 heterocycles. The van der Waals surface area contributed by atoms with E-state index in [1.807, 2.05) is 13.8 Å². The van der Waals surface area contributed by atoms with Crippen molar-refractivity contribution in [1.82, 2.24) is 5.32 Å². The van der Waals surface area contributed by atoms with Crippen LogP contribution in [0, 0.1) is 18.7 Å². The molecule has 0 bridgehead atoms. The van der Waals surface area contributed by atoms with E-state index >= 15 is 0 Å². The summed E-state index contributed by atoms with van der Waals surface area (Å²) in [7, 11) is 0. The van der Waals surface area contributed by atoms with Gasteiger partial charge in [0.1, 0.15) is 5.82 Å². The van der Waals surface area contributed by atoms with E-state index in [4.69, 9.17) is 11.6 Å². The van der Waals surface area contributed by atoms with E-state index in [0.29, 0.717) is 23.8 Å². The molecule has 0 fully saturated rings. The molecule has 0 aliphatic rings. The van der Waals surface area contributed by atoms with Crippen molar-refractivity contribution in [3.8, 4) is 0 Å². The number of hydrogen-bond acceptors (Lipinski definition) is 1. The third-order valence-corrected chi connectivity index (χ3v) is 3.06. The van der Waals surface area contributed by atoms with Crippen molar-refractivity contribution < 1.29 is 9.18 Å². The van der Waals surface area contributed by atoms with Gasteiger partial charge in [0.25, 0.3) is 5.91 Å². The smallest absolute Gasteiger partial charge is 0.251 e. The second kappa shape index (κ2) is 6.74. The topological polar surface area (TPSA) is 29.1 Å². The van der Waals surface area contributed by atoms with Gasteiger partial charge >= 0.3 is 0 Å². The normalized spacial score (nSPS) is 12.6. The van der Waals surface area contributed by atoms with Crippen LogP contribution in [0.3, 0.4) is 0 Å². The first-order chi connectivity index (χ1) is 8.43. The lowest BCUT2D eigenvalue weighted by Gasteiger charge is -2.21. The molecule has 1 rings (SSSR count). The highest BCUT2D eigenvalue weighted by atomic mass is 35.5. The van der Waals surface area contributed by atoms with Crippen LogP contribution in [-0.4, -0.2) is 17.8 Å². The molecule has 0 radical (unpaired) electrons. The Morgan fingerprint density at radius 3 is 2.56 bits per heavy atom. The average molecular weight is 272 g/mol. The molecule has 0 saturated heterocycles. The maximum atomic E-state index is 13.2. The van der Waals surface area contributed by atoms with Gasteiger partial charge < -0.3 is 5.32 Å². The second-order valence-corrected chi connectivity index (χ2v) is 5.20. The van der Waals surface area contributed by atoms with Gasteiger partial charge in [0.05, 0.1) is 0 Å². The van der Waals surface area contributed by atoms with E-state index < -0.39 is 5.82 Å². The van der Waals surface area contributed by atoms with Crippen LogP contribution in [0.25, 0.3) is 0 Å². The first-order valence-corrected chi connectivity index (χ1v) is 6.61. The lowest BCUT2D eigenvalue weighted by atomic mass is 10.0. The van der Waals surface area contributed by atoms with Crippen LogP contribution >= 0.6 is 11.6 Å². The van der Waals surface area contributed by atoms with Crippen LogP contribution in [0.1, 0.15) is 36.2 Å². The van der Waals surface area contributed by atoms with Crippen molar-refractivity contribution in [3.05, 3.63) is 35.1 Å². The van der Waals surface area contributed by atoms with Crippen molar-refractivity contribution in [3.63, 3.8) is 0 Å². The number of carbonyl (C=O) groups is 1. The number of nitrogens with one attached hydrogen (secondary N) is 1. The average Bonchev–Trinajstić information content (AvgIpc) is 2.26. The monoisotopic (exact) mass is 271 g/mol. The predicted molar refractivity (Wildman–Crippen MR) is 72.6 cm³/mol. The molecule has 0 aromatic heterocycles. The molecule has 18 heavy (non-hydrogen) atoms. The van der Waals surface area contributed by atoms with Gasteiger partial charge in [-0.3, -0.25) is 4.79 Å². The molecule has 0 aliphatic carbocycles. The van der Waals surface area contributed by atoms with Crippen LogP contribution in [0.5, 0.6) is 0 Å². The highest BCUT2D eigenvalue weighted by Gasteiger charge is 2.17. The van der Waals surface area contributed by atoms with Crippen molar-refractivity contribution in [1.29, 1.82) is 0 Å². The van der Waals surface area contributed by atoms with E-state index in [9.17, 15) is 9.18 Å². The van der Waals surface area contributed by atoms with Crippen molar-refractivity contribution in [2.75, 3.05) is 5.88 Å². The molecule has 4 heteroatoms. The molecule has 1 amide bonds. The van der Waals surface area contributed by atoms with Crippen LogP contribution in [0.4, 0.5) is 4.39 Å². The summed E-state index contributed by atoms with van der Waals surface area (Å²) in [5.41, 5.74) is 1.09. The molecule has 1 N–H and O–H groups in total. The third-order valence-electron chi connectivity index (χ3n) is 2.85. The number of halogens is 2. The maximum absolute atomic E-state index is 13.2. The van der Waals surface area contributed by atoms with Gasteiger partial charge in [0.2, 0.25) is 0 Å². The van der Waals surface area contributed by atoms with Gasteiger partial charge in [-0.1, -0.05) is 13.8 Å². The van der Waals surface area contributed by atoms with Crippen LogP contribution in [-0.2, 0) is 0 Å². The van der Waals surface area contributed by atoms with Crippen molar-refractivity contribution in [2.45, 2.75) is 33.2 Å². The quantitative estimate of drug-likeness (QED) is 0.816. The summed E-state index contributed by atoms with van der Waals surface area (Å²) in [6.07, 6.45) is 0.708. The largest absolute Gasteiger partial charge is 0.349 e. The number of hydrogen-bond donors (Lipinski definition) is 1. The van der Waals surface area contributed by atoms with E-state index in [1.54, 1.807) is 13.0 Å². The molecule has 1 unspecified atom stereocenters. The molecule has 1 aromatic rings. The fraction of sp³-hybridized carbons (Fsp3) is 0.500. The minimum Gasteiger partial charge on any atom is -0.349 e. The lowest BCUT2D eigenvalue weighted by Crippen LogP contribution is -2.38. The molecule has 0 spiro atoms. The predicted octanol–water partition coefficient (Wildman–Crippen LogP) is 3.52. The first-order valence-electron chi connectivity index (χ1n) is 6.08. The Labute approximate surface area is 113 Å². The molecular formula is C14H19ClFNO. The SMILES string of the molecule is Cc1cc(F)cc(C(=O)NC(CCCl)C(C)C)c1. The number of aryl methyl sites for hydroxylation is 1. The van der Waals surface area contributed by atoms with Gasteiger partial charge in [-0.2, -0.15) is 0 Å². The van der Waals surface area contributed by atoms with Gasteiger partial charge in [-0.05, 0) is 43.0 Å².